The Morgan fingerprint density at radius 1 is 0.963 bits per heavy atom. The number of amides is 2. The van der Waals surface area contributed by atoms with Gasteiger partial charge in [0, 0.05) is 47.6 Å². The molecule has 1 unspecified atom stereocenters. The molecule has 0 saturated heterocycles. The first-order valence-corrected chi connectivity index (χ1v) is 10.0. The predicted molar refractivity (Wildman–Crippen MR) is 106 cm³/mol. The molecule has 7 heteroatoms. The zero-order valence-corrected chi connectivity index (χ0v) is 17.8. The van der Waals surface area contributed by atoms with Crippen LogP contribution in [-0.2, 0) is 9.59 Å². The van der Waals surface area contributed by atoms with Crippen LogP contribution in [0.3, 0.4) is 0 Å². The van der Waals surface area contributed by atoms with Crippen LogP contribution < -0.4 is 10.6 Å². The highest BCUT2D eigenvalue weighted by molar-refractivity contribution is 5.78. The normalized spacial score (nSPS) is 18.4. The zero-order valence-electron chi connectivity index (χ0n) is 17.8. The van der Waals surface area contributed by atoms with Crippen LogP contribution in [0.15, 0.2) is 0 Å². The van der Waals surface area contributed by atoms with Gasteiger partial charge in [-0.05, 0) is 60.8 Å². The molecule has 1 rings (SSSR count). The number of rotatable bonds is 7. The summed E-state index contributed by atoms with van der Waals surface area (Å²) in [6, 6.07) is 0. The Morgan fingerprint density at radius 3 is 1.89 bits per heavy atom. The lowest BCUT2D eigenvalue weighted by Crippen LogP contribution is -2.50. The van der Waals surface area contributed by atoms with Crippen molar-refractivity contribution in [2.75, 3.05) is 0 Å². The van der Waals surface area contributed by atoms with E-state index in [1.54, 1.807) is 0 Å². The molecule has 0 aromatic heterocycles. The molecule has 0 aromatic carbocycles. The number of nitrogens with one attached hydrogen (secondary N) is 2. The smallest absolute Gasteiger partial charge is 0.225 e. The van der Waals surface area contributed by atoms with Gasteiger partial charge in [0.1, 0.15) is 0 Å². The van der Waals surface area contributed by atoms with Crippen molar-refractivity contribution < 1.29 is 14.5 Å². The lowest BCUT2D eigenvalue weighted by Gasteiger charge is -2.36. The fourth-order valence-electron chi connectivity index (χ4n) is 3.94. The van der Waals surface area contributed by atoms with E-state index < -0.39 is 11.5 Å². The molecular weight excluding hydrogens is 346 g/mol. The maximum atomic E-state index is 12.5. The van der Waals surface area contributed by atoms with Gasteiger partial charge in [0.15, 0.2) is 0 Å². The van der Waals surface area contributed by atoms with E-state index in [-0.39, 0.29) is 40.7 Å². The summed E-state index contributed by atoms with van der Waals surface area (Å²) in [5, 5.41) is 17.8. The molecule has 1 saturated carbocycles. The fourth-order valence-corrected chi connectivity index (χ4v) is 3.94. The number of nitro groups is 1. The number of hydrogen-bond donors (Lipinski definition) is 2. The number of nitrogens with zero attached hydrogens (tertiary/aromatic N) is 1. The van der Waals surface area contributed by atoms with E-state index >= 15 is 0 Å². The molecule has 0 radical (unpaired) electrons. The molecule has 1 aliphatic rings. The lowest BCUT2D eigenvalue weighted by molar-refractivity contribution is -0.586. The van der Waals surface area contributed by atoms with Gasteiger partial charge in [0.2, 0.25) is 17.4 Å². The first-order valence-electron chi connectivity index (χ1n) is 10.0. The van der Waals surface area contributed by atoms with Crippen LogP contribution in [0.5, 0.6) is 0 Å². The third-order valence-electron chi connectivity index (χ3n) is 5.02. The van der Waals surface area contributed by atoms with Gasteiger partial charge >= 0.3 is 0 Å². The van der Waals surface area contributed by atoms with Crippen molar-refractivity contribution >= 4 is 11.8 Å². The van der Waals surface area contributed by atoms with Crippen LogP contribution in [0.25, 0.3) is 0 Å². The summed E-state index contributed by atoms with van der Waals surface area (Å²) in [5.74, 6) is -0.755. The van der Waals surface area contributed by atoms with Gasteiger partial charge in [-0.25, -0.2) is 0 Å². The van der Waals surface area contributed by atoms with Crippen molar-refractivity contribution in [1.29, 1.82) is 0 Å². The summed E-state index contributed by atoms with van der Waals surface area (Å²) >= 11 is 0. The van der Waals surface area contributed by atoms with Crippen LogP contribution in [0, 0.1) is 16.0 Å². The highest BCUT2D eigenvalue weighted by Gasteiger charge is 2.51. The molecule has 2 N–H and O–H groups in total. The Morgan fingerprint density at radius 2 is 1.44 bits per heavy atom. The van der Waals surface area contributed by atoms with Crippen LogP contribution >= 0.6 is 0 Å². The Labute approximate surface area is 163 Å². The van der Waals surface area contributed by atoms with E-state index in [2.05, 4.69) is 10.6 Å². The highest BCUT2D eigenvalue weighted by atomic mass is 16.6. The van der Waals surface area contributed by atoms with Gasteiger partial charge in [-0.1, -0.05) is 6.42 Å². The molecule has 0 aliphatic heterocycles. The minimum absolute atomic E-state index is 0.0844. The molecule has 1 atom stereocenters. The van der Waals surface area contributed by atoms with Crippen molar-refractivity contribution in [3.05, 3.63) is 10.1 Å². The first-order chi connectivity index (χ1) is 12.3. The summed E-state index contributed by atoms with van der Waals surface area (Å²) in [6.45, 7) is 11.4. The largest absolute Gasteiger partial charge is 0.352 e. The first kappa shape index (κ1) is 23.4. The molecule has 156 valence electrons. The second-order valence-corrected chi connectivity index (χ2v) is 9.96. The van der Waals surface area contributed by atoms with Crippen LogP contribution in [0.4, 0.5) is 0 Å². The van der Waals surface area contributed by atoms with Crippen LogP contribution in [0.1, 0.15) is 92.9 Å². The molecule has 2 amide bonds. The fraction of sp³-hybridized carbons (Fsp3) is 0.900. The third kappa shape index (κ3) is 7.85. The highest BCUT2D eigenvalue weighted by Crippen LogP contribution is 2.41. The Bertz CT molecular complexity index is 540. The standard InChI is InChI=1S/C20H37N3O4/c1-18(2,3)21-16(24)11-10-15(14-17(25)22-19(4,5)6)20(23(26)27)12-8-7-9-13-20/h15H,7-14H2,1-6H3,(H,21,24)(H,22,25). The molecule has 0 aromatic rings. The maximum Gasteiger partial charge on any atom is 0.225 e. The van der Waals surface area contributed by atoms with Crippen molar-refractivity contribution in [1.82, 2.24) is 10.6 Å². The number of carbonyl (C=O) groups is 2. The quantitative estimate of drug-likeness (QED) is 0.518. The number of carbonyl (C=O) groups excluding carboxylic acids is 2. The van der Waals surface area contributed by atoms with Crippen LogP contribution in [-0.4, -0.2) is 33.4 Å². The van der Waals surface area contributed by atoms with Gasteiger partial charge in [-0.3, -0.25) is 19.7 Å². The SMILES string of the molecule is CC(C)(C)NC(=O)CCC(CC(=O)NC(C)(C)C)C1([N+](=O)[O-])CCCCC1. The van der Waals surface area contributed by atoms with E-state index in [0.717, 1.165) is 19.3 Å². The van der Waals surface area contributed by atoms with Crippen molar-refractivity contribution in [2.24, 2.45) is 5.92 Å². The van der Waals surface area contributed by atoms with Gasteiger partial charge in [-0.2, -0.15) is 0 Å². The zero-order chi connectivity index (χ0) is 20.9. The molecule has 0 bridgehead atoms. The topological polar surface area (TPSA) is 101 Å². The monoisotopic (exact) mass is 383 g/mol. The third-order valence-corrected chi connectivity index (χ3v) is 5.02. The van der Waals surface area contributed by atoms with Gasteiger partial charge in [0.25, 0.3) is 0 Å². The Kier molecular flexibility index (Phi) is 7.81. The average molecular weight is 384 g/mol. The average Bonchev–Trinajstić information content (AvgIpc) is 2.48. The maximum absolute atomic E-state index is 12.5. The van der Waals surface area contributed by atoms with Gasteiger partial charge in [0.05, 0.1) is 0 Å². The van der Waals surface area contributed by atoms with Crippen molar-refractivity contribution in [3.8, 4) is 0 Å². The van der Waals surface area contributed by atoms with Crippen molar-refractivity contribution in [2.45, 2.75) is 110 Å². The molecule has 1 aliphatic carbocycles. The Balaban J connectivity index is 2.95. The molecule has 27 heavy (non-hydrogen) atoms. The minimum Gasteiger partial charge on any atom is -0.352 e. The van der Waals surface area contributed by atoms with E-state index in [1.807, 2.05) is 41.5 Å². The molecule has 7 nitrogen and oxygen atoms in total. The van der Waals surface area contributed by atoms with E-state index in [9.17, 15) is 19.7 Å². The molecule has 1 fully saturated rings. The van der Waals surface area contributed by atoms with Crippen LogP contribution in [0.2, 0.25) is 0 Å². The minimum atomic E-state index is -1.10. The van der Waals surface area contributed by atoms with Gasteiger partial charge < -0.3 is 10.6 Å². The predicted octanol–water partition coefficient (Wildman–Crippen LogP) is 3.58. The lowest BCUT2D eigenvalue weighted by atomic mass is 9.70. The molecular formula is C20H37N3O4. The second-order valence-electron chi connectivity index (χ2n) is 9.96. The molecule has 0 heterocycles. The van der Waals surface area contributed by atoms with E-state index in [0.29, 0.717) is 19.3 Å². The molecule has 0 spiro atoms. The summed E-state index contributed by atoms with van der Waals surface area (Å²) in [4.78, 5) is 36.6. The van der Waals surface area contributed by atoms with E-state index in [1.165, 1.54) is 0 Å². The van der Waals surface area contributed by atoms with Crippen molar-refractivity contribution in [3.63, 3.8) is 0 Å². The summed E-state index contributed by atoms with van der Waals surface area (Å²) in [7, 11) is 0. The Hall–Kier alpha value is -1.66. The summed E-state index contributed by atoms with van der Waals surface area (Å²) in [6.07, 6.45) is 4.17. The van der Waals surface area contributed by atoms with E-state index in [4.69, 9.17) is 0 Å². The second kappa shape index (κ2) is 9.02. The number of hydrogen-bond acceptors (Lipinski definition) is 4. The van der Waals surface area contributed by atoms with Gasteiger partial charge in [-0.15, -0.1) is 0 Å². The summed E-state index contributed by atoms with van der Waals surface area (Å²) < 4.78 is 0. The summed E-state index contributed by atoms with van der Waals surface area (Å²) in [5.41, 5.74) is -1.84.